The van der Waals surface area contributed by atoms with Crippen molar-refractivity contribution >= 4 is 21.6 Å². The Labute approximate surface area is 107 Å². The van der Waals surface area contributed by atoms with Crippen LogP contribution in [-0.2, 0) is 27.8 Å². The first-order chi connectivity index (χ1) is 8.33. The minimum atomic E-state index is -5.11. The number of rotatable bonds is 9. The van der Waals surface area contributed by atoms with Crippen molar-refractivity contribution in [1.82, 2.24) is 0 Å². The SMILES string of the molecule is C[C@@](O)(CCOP(=O)(O)OOP(=O)(O)O)CC(=O)O. The minimum absolute atomic E-state index is 0.330. The number of aliphatic carboxylic acids is 1. The summed E-state index contributed by atoms with van der Waals surface area (Å²) in [6.07, 6.45) is -0.949. The molecule has 0 aliphatic carbocycles. The van der Waals surface area contributed by atoms with Crippen LogP contribution in [0.2, 0.25) is 0 Å². The average molecular weight is 324 g/mol. The van der Waals surface area contributed by atoms with Crippen LogP contribution in [0.1, 0.15) is 19.8 Å². The highest BCUT2D eigenvalue weighted by Crippen LogP contribution is 2.49. The summed E-state index contributed by atoms with van der Waals surface area (Å²) in [6.45, 7) is 0.568. The van der Waals surface area contributed by atoms with Gasteiger partial charge in [0.15, 0.2) is 0 Å². The van der Waals surface area contributed by atoms with E-state index in [0.717, 1.165) is 0 Å². The van der Waals surface area contributed by atoms with E-state index < -0.39 is 40.2 Å². The number of hydrogen-bond donors (Lipinski definition) is 5. The van der Waals surface area contributed by atoms with E-state index in [9.17, 15) is 19.0 Å². The van der Waals surface area contributed by atoms with Gasteiger partial charge in [0.25, 0.3) is 0 Å². The Kier molecular flexibility index (Phi) is 6.76. The van der Waals surface area contributed by atoms with Crippen LogP contribution in [0.5, 0.6) is 0 Å². The van der Waals surface area contributed by atoms with Crippen LogP contribution in [0.3, 0.4) is 0 Å². The summed E-state index contributed by atoms with van der Waals surface area (Å²) in [5.74, 6) is -1.28. The Hall–Kier alpha value is -0.350. The van der Waals surface area contributed by atoms with Gasteiger partial charge in [0, 0.05) is 6.42 Å². The predicted molar refractivity (Wildman–Crippen MR) is 57.5 cm³/mol. The molecule has 5 N–H and O–H groups in total. The third-order valence-electron chi connectivity index (χ3n) is 1.65. The maximum Gasteiger partial charge on any atom is 0.499 e. The highest BCUT2D eigenvalue weighted by Gasteiger charge is 2.30. The number of phosphoric acid groups is 2. The molecule has 0 aromatic rings. The van der Waals surface area contributed by atoms with Crippen molar-refractivity contribution < 1.29 is 52.7 Å². The lowest BCUT2D eigenvalue weighted by Crippen LogP contribution is -2.29. The van der Waals surface area contributed by atoms with E-state index in [4.69, 9.17) is 19.8 Å². The van der Waals surface area contributed by atoms with Gasteiger partial charge in [-0.2, -0.15) is 0 Å². The molecule has 0 aromatic heterocycles. The number of hydrogen-bond acceptors (Lipinski definition) is 7. The molecule has 0 rings (SSSR count). The molecule has 11 nitrogen and oxygen atoms in total. The number of carboxylic acids is 1. The molecule has 0 radical (unpaired) electrons. The third kappa shape index (κ3) is 11.2. The normalized spacial score (nSPS) is 18.6. The van der Waals surface area contributed by atoms with Gasteiger partial charge >= 0.3 is 21.6 Å². The number of phosphoric ester groups is 1. The lowest BCUT2D eigenvalue weighted by Gasteiger charge is -2.21. The molecule has 0 fully saturated rings. The molecule has 0 spiro atoms. The zero-order valence-electron chi connectivity index (χ0n) is 9.70. The van der Waals surface area contributed by atoms with Crippen LogP contribution in [-0.4, -0.2) is 43.1 Å². The van der Waals surface area contributed by atoms with Gasteiger partial charge in [0.1, 0.15) is 0 Å². The Morgan fingerprint density at radius 3 is 2.16 bits per heavy atom. The maximum atomic E-state index is 11.0. The molecule has 1 unspecified atom stereocenters. The molecule has 19 heavy (non-hydrogen) atoms. The van der Waals surface area contributed by atoms with Crippen molar-refractivity contribution in [3.8, 4) is 0 Å². The van der Waals surface area contributed by atoms with Crippen LogP contribution < -0.4 is 0 Å². The van der Waals surface area contributed by atoms with E-state index in [1.165, 1.54) is 6.92 Å². The quantitative estimate of drug-likeness (QED) is 0.214. The largest absolute Gasteiger partial charge is 0.499 e. The minimum Gasteiger partial charge on any atom is -0.481 e. The van der Waals surface area contributed by atoms with Crippen molar-refractivity contribution in [3.63, 3.8) is 0 Å². The first-order valence-corrected chi connectivity index (χ1v) is 7.71. The van der Waals surface area contributed by atoms with Crippen molar-refractivity contribution in [3.05, 3.63) is 0 Å². The molecular weight excluding hydrogens is 310 g/mol. The van der Waals surface area contributed by atoms with Crippen LogP contribution >= 0.6 is 15.6 Å². The smallest absolute Gasteiger partial charge is 0.481 e. The van der Waals surface area contributed by atoms with Crippen molar-refractivity contribution in [2.24, 2.45) is 0 Å². The Morgan fingerprint density at radius 1 is 1.21 bits per heavy atom. The van der Waals surface area contributed by atoms with Gasteiger partial charge in [-0.3, -0.25) is 9.32 Å². The number of carboxylic acid groups (broad SMARTS) is 1. The highest BCUT2D eigenvalue weighted by atomic mass is 31.2. The summed E-state index contributed by atoms with van der Waals surface area (Å²) in [7, 11) is -9.99. The molecule has 0 saturated heterocycles. The van der Waals surface area contributed by atoms with Crippen molar-refractivity contribution in [1.29, 1.82) is 0 Å². The van der Waals surface area contributed by atoms with Gasteiger partial charge in [-0.15, -0.1) is 9.35 Å². The van der Waals surface area contributed by atoms with E-state index in [0.29, 0.717) is 0 Å². The second kappa shape index (κ2) is 6.89. The van der Waals surface area contributed by atoms with E-state index in [1.54, 1.807) is 0 Å². The first kappa shape index (κ1) is 18.7. The molecule has 0 bridgehead atoms. The molecule has 0 amide bonds. The summed E-state index contributed by atoms with van der Waals surface area (Å²) in [6, 6.07) is 0. The third-order valence-corrected chi connectivity index (χ3v) is 2.81. The summed E-state index contributed by atoms with van der Waals surface area (Å²) < 4.78 is 32.2. The average Bonchev–Trinajstić information content (AvgIpc) is 2.10. The van der Waals surface area contributed by atoms with Gasteiger partial charge < -0.3 is 24.9 Å². The zero-order chi connectivity index (χ0) is 15.3. The zero-order valence-corrected chi connectivity index (χ0v) is 11.5. The molecule has 0 heterocycles. The standard InChI is InChI=1S/C6H14O11P2/c1-6(9,4-5(7)8)2-3-15-19(13,14)17-16-18(10,11)12/h9H,2-4H2,1H3,(H,7,8)(H,13,14)(H2,10,11,12)/t6-/m1/s1. The van der Waals surface area contributed by atoms with Crippen molar-refractivity contribution in [2.45, 2.75) is 25.4 Å². The molecule has 2 atom stereocenters. The fourth-order valence-electron chi connectivity index (χ4n) is 0.902. The topological polar surface area (TPSA) is 180 Å². The molecule has 0 aromatic carbocycles. The first-order valence-electron chi connectivity index (χ1n) is 4.68. The number of aliphatic hydroxyl groups is 1. The molecule has 13 heteroatoms. The van der Waals surface area contributed by atoms with Crippen LogP contribution in [0.25, 0.3) is 0 Å². The molecule has 114 valence electrons. The predicted octanol–water partition coefficient (Wildman–Crippen LogP) is -0.240. The summed E-state index contributed by atoms with van der Waals surface area (Å²) in [5, 5.41) is 18.0. The monoisotopic (exact) mass is 324 g/mol. The molecule has 0 aliphatic rings. The van der Waals surface area contributed by atoms with Gasteiger partial charge in [0.05, 0.1) is 18.6 Å². The Morgan fingerprint density at radius 2 is 1.74 bits per heavy atom. The van der Waals surface area contributed by atoms with E-state index in [1.807, 2.05) is 0 Å². The maximum absolute atomic E-state index is 11.0. The lowest BCUT2D eigenvalue weighted by molar-refractivity contribution is -0.149. The Balaban J connectivity index is 4.15. The van der Waals surface area contributed by atoms with Crippen LogP contribution in [0.15, 0.2) is 0 Å². The van der Waals surface area contributed by atoms with Gasteiger partial charge in [0.2, 0.25) is 0 Å². The van der Waals surface area contributed by atoms with Gasteiger partial charge in [-0.05, 0) is 6.92 Å². The van der Waals surface area contributed by atoms with Gasteiger partial charge in [-0.25, -0.2) is 9.13 Å². The summed E-state index contributed by atoms with van der Waals surface area (Å²) >= 11 is 0. The molecule has 0 aliphatic heterocycles. The molecule has 0 saturated carbocycles. The fraction of sp³-hybridized carbons (Fsp3) is 0.833. The lowest BCUT2D eigenvalue weighted by atomic mass is 9.99. The van der Waals surface area contributed by atoms with Gasteiger partial charge in [-0.1, -0.05) is 0 Å². The second-order valence-electron chi connectivity index (χ2n) is 3.76. The van der Waals surface area contributed by atoms with Crippen molar-refractivity contribution in [2.75, 3.05) is 6.61 Å². The number of carbonyl (C=O) groups is 1. The van der Waals surface area contributed by atoms with Crippen LogP contribution in [0, 0.1) is 0 Å². The second-order valence-corrected chi connectivity index (χ2v) is 6.23. The van der Waals surface area contributed by atoms with Crippen LogP contribution in [0.4, 0.5) is 0 Å². The highest BCUT2D eigenvalue weighted by molar-refractivity contribution is 7.49. The fourth-order valence-corrected chi connectivity index (χ4v) is 1.95. The summed E-state index contributed by atoms with van der Waals surface area (Å²) in [5.41, 5.74) is -1.68. The molecular formula is C6H14O11P2. The summed E-state index contributed by atoms with van der Waals surface area (Å²) in [4.78, 5) is 35.7. The van der Waals surface area contributed by atoms with E-state index >= 15 is 0 Å². The Bertz CT molecular complexity index is 398. The van der Waals surface area contributed by atoms with E-state index in [-0.39, 0.29) is 6.42 Å². The van der Waals surface area contributed by atoms with E-state index in [2.05, 4.69) is 13.9 Å².